The minimum atomic E-state index is -0.492. The highest BCUT2D eigenvalue weighted by atomic mass is 16.6. The van der Waals surface area contributed by atoms with Gasteiger partial charge in [-0.05, 0) is 24.1 Å². The summed E-state index contributed by atoms with van der Waals surface area (Å²) in [4.78, 5) is 25.0. The summed E-state index contributed by atoms with van der Waals surface area (Å²) < 4.78 is 0. The summed E-state index contributed by atoms with van der Waals surface area (Å²) in [6.07, 6.45) is 0.797. The van der Waals surface area contributed by atoms with E-state index in [1.807, 2.05) is 24.3 Å². The van der Waals surface area contributed by atoms with Crippen molar-refractivity contribution in [1.82, 2.24) is 0 Å². The van der Waals surface area contributed by atoms with Gasteiger partial charge in [0.15, 0.2) is 0 Å². The molecule has 0 spiro atoms. The van der Waals surface area contributed by atoms with E-state index in [1.165, 1.54) is 12.1 Å². The number of anilines is 2. The van der Waals surface area contributed by atoms with Crippen LogP contribution in [0.1, 0.15) is 15.9 Å². The molecule has 0 atom stereocenters. The first kappa shape index (κ1) is 14.1. The Balaban J connectivity index is 2.02. The predicted molar refractivity (Wildman–Crippen MR) is 84.5 cm³/mol. The number of carbonyl (C=O) groups is 1. The van der Waals surface area contributed by atoms with Crippen LogP contribution >= 0.6 is 0 Å². The lowest BCUT2D eigenvalue weighted by Gasteiger charge is -2.19. The number of para-hydroxylation sites is 1. The van der Waals surface area contributed by atoms with Crippen molar-refractivity contribution in [1.29, 1.82) is 0 Å². The fourth-order valence-corrected chi connectivity index (χ4v) is 2.74. The van der Waals surface area contributed by atoms with Gasteiger partial charge in [-0.15, -0.1) is 0 Å². The Morgan fingerprint density at radius 3 is 2.77 bits per heavy atom. The smallest absolute Gasteiger partial charge is 0.270 e. The molecule has 22 heavy (non-hydrogen) atoms. The van der Waals surface area contributed by atoms with Crippen LogP contribution in [0.25, 0.3) is 0 Å². The number of amides is 1. The third-order valence-corrected chi connectivity index (χ3v) is 3.85. The summed E-state index contributed by atoms with van der Waals surface area (Å²) in [6.45, 7) is 0.587. The van der Waals surface area contributed by atoms with Crippen molar-refractivity contribution in [3.8, 4) is 0 Å². The van der Waals surface area contributed by atoms with Crippen molar-refractivity contribution in [3.63, 3.8) is 0 Å². The molecule has 3 rings (SSSR count). The second-order valence-electron chi connectivity index (χ2n) is 5.07. The van der Waals surface area contributed by atoms with E-state index in [2.05, 4.69) is 5.32 Å². The number of hydrogen-bond donors (Lipinski definition) is 1. The molecule has 0 bridgehead atoms. The van der Waals surface area contributed by atoms with E-state index in [9.17, 15) is 14.9 Å². The molecule has 2 aromatic carbocycles. The molecule has 112 valence electrons. The fourth-order valence-electron chi connectivity index (χ4n) is 2.74. The molecule has 0 aromatic heterocycles. The minimum absolute atomic E-state index is 0.0881. The first-order valence-electron chi connectivity index (χ1n) is 6.98. The van der Waals surface area contributed by atoms with Crippen LogP contribution in [0.3, 0.4) is 0 Å². The lowest BCUT2D eigenvalue weighted by Crippen LogP contribution is -2.29. The van der Waals surface area contributed by atoms with Gasteiger partial charge in [-0.1, -0.05) is 18.2 Å². The zero-order valence-electron chi connectivity index (χ0n) is 12.1. The molecule has 1 N–H and O–H groups in total. The van der Waals surface area contributed by atoms with Crippen molar-refractivity contribution in [2.75, 3.05) is 23.8 Å². The number of hydrogen-bond acceptors (Lipinski definition) is 4. The van der Waals surface area contributed by atoms with Crippen LogP contribution in [0, 0.1) is 10.1 Å². The Labute approximate surface area is 127 Å². The van der Waals surface area contributed by atoms with Crippen molar-refractivity contribution in [2.24, 2.45) is 0 Å². The molecule has 0 fully saturated rings. The SMILES string of the molecule is CNc1ccc([N+](=O)[O-])cc1C(=O)N1CCc2ccccc21. The molecular weight excluding hydrogens is 282 g/mol. The zero-order chi connectivity index (χ0) is 15.7. The standard InChI is InChI=1S/C16H15N3O3/c1-17-14-7-6-12(19(21)22)10-13(14)16(20)18-9-8-11-4-2-3-5-15(11)18/h2-7,10,17H,8-9H2,1H3. The molecule has 1 aliphatic heterocycles. The van der Waals surface area contributed by atoms with Gasteiger partial charge in [-0.2, -0.15) is 0 Å². The van der Waals surface area contributed by atoms with E-state index in [-0.39, 0.29) is 11.6 Å². The van der Waals surface area contributed by atoms with Crippen LogP contribution in [0.5, 0.6) is 0 Å². The highest BCUT2D eigenvalue weighted by molar-refractivity contribution is 6.11. The maximum absolute atomic E-state index is 12.8. The number of rotatable bonds is 3. The maximum atomic E-state index is 12.8. The monoisotopic (exact) mass is 297 g/mol. The molecule has 6 nitrogen and oxygen atoms in total. The summed E-state index contributed by atoms with van der Waals surface area (Å²) in [5, 5.41) is 13.9. The molecule has 0 unspecified atom stereocenters. The Bertz CT molecular complexity index is 758. The molecule has 6 heteroatoms. The van der Waals surface area contributed by atoms with Crippen LogP contribution in [-0.2, 0) is 6.42 Å². The van der Waals surface area contributed by atoms with Gasteiger partial charge in [0.1, 0.15) is 0 Å². The summed E-state index contributed by atoms with van der Waals surface area (Å²) >= 11 is 0. The second kappa shape index (κ2) is 5.48. The lowest BCUT2D eigenvalue weighted by molar-refractivity contribution is -0.384. The Hall–Kier alpha value is -2.89. The van der Waals surface area contributed by atoms with Crippen LogP contribution in [0.2, 0.25) is 0 Å². The number of benzene rings is 2. The van der Waals surface area contributed by atoms with Crippen LogP contribution in [0.4, 0.5) is 17.1 Å². The normalized spacial score (nSPS) is 12.9. The highest BCUT2D eigenvalue weighted by Gasteiger charge is 2.27. The summed E-state index contributed by atoms with van der Waals surface area (Å²) in [7, 11) is 1.69. The number of fused-ring (bicyclic) bond motifs is 1. The number of nitro benzene ring substituents is 1. The Morgan fingerprint density at radius 2 is 2.05 bits per heavy atom. The minimum Gasteiger partial charge on any atom is -0.387 e. The van der Waals surface area contributed by atoms with Crippen LogP contribution < -0.4 is 10.2 Å². The quantitative estimate of drug-likeness (QED) is 0.698. The lowest BCUT2D eigenvalue weighted by atomic mass is 10.1. The average Bonchev–Trinajstić information content (AvgIpc) is 2.97. The van der Waals surface area contributed by atoms with E-state index in [0.717, 1.165) is 17.7 Å². The molecule has 0 saturated heterocycles. The van der Waals surface area contributed by atoms with E-state index >= 15 is 0 Å². The van der Waals surface area contributed by atoms with Gasteiger partial charge in [0.25, 0.3) is 11.6 Å². The Morgan fingerprint density at radius 1 is 1.27 bits per heavy atom. The van der Waals surface area contributed by atoms with Crippen molar-refractivity contribution >= 4 is 23.0 Å². The van der Waals surface area contributed by atoms with Gasteiger partial charge in [0.2, 0.25) is 0 Å². The van der Waals surface area contributed by atoms with Crippen molar-refractivity contribution in [3.05, 3.63) is 63.7 Å². The zero-order valence-corrected chi connectivity index (χ0v) is 12.1. The van der Waals surface area contributed by atoms with Gasteiger partial charge in [-0.3, -0.25) is 14.9 Å². The number of non-ortho nitro benzene ring substituents is 1. The largest absolute Gasteiger partial charge is 0.387 e. The fraction of sp³-hybridized carbons (Fsp3) is 0.188. The molecule has 1 heterocycles. The first-order valence-corrected chi connectivity index (χ1v) is 6.98. The molecule has 2 aromatic rings. The highest BCUT2D eigenvalue weighted by Crippen LogP contribution is 2.31. The molecule has 0 saturated carbocycles. The molecular formula is C16H15N3O3. The van der Waals surface area contributed by atoms with Crippen molar-refractivity contribution < 1.29 is 9.72 Å². The van der Waals surface area contributed by atoms with Gasteiger partial charge < -0.3 is 10.2 Å². The van der Waals surface area contributed by atoms with Crippen LogP contribution in [-0.4, -0.2) is 24.4 Å². The second-order valence-corrected chi connectivity index (χ2v) is 5.07. The van der Waals surface area contributed by atoms with Gasteiger partial charge in [0.05, 0.1) is 10.5 Å². The summed E-state index contributed by atoms with van der Waals surface area (Å²) in [5.41, 5.74) is 2.80. The summed E-state index contributed by atoms with van der Waals surface area (Å²) in [5.74, 6) is -0.224. The molecule has 0 aliphatic carbocycles. The van der Waals surface area contributed by atoms with Gasteiger partial charge >= 0.3 is 0 Å². The van der Waals surface area contributed by atoms with Gasteiger partial charge in [0, 0.05) is 37.1 Å². The maximum Gasteiger partial charge on any atom is 0.270 e. The average molecular weight is 297 g/mol. The van der Waals surface area contributed by atoms with E-state index < -0.39 is 4.92 Å². The number of nitrogens with zero attached hydrogens (tertiary/aromatic N) is 2. The first-order chi connectivity index (χ1) is 10.6. The number of nitro groups is 1. The van der Waals surface area contributed by atoms with E-state index in [0.29, 0.717) is 17.8 Å². The summed E-state index contributed by atoms with van der Waals surface area (Å²) in [6, 6.07) is 12.0. The number of nitrogens with one attached hydrogen (secondary N) is 1. The van der Waals surface area contributed by atoms with Crippen molar-refractivity contribution in [2.45, 2.75) is 6.42 Å². The van der Waals surface area contributed by atoms with E-state index in [4.69, 9.17) is 0 Å². The van der Waals surface area contributed by atoms with E-state index in [1.54, 1.807) is 18.0 Å². The molecule has 1 aliphatic rings. The van der Waals surface area contributed by atoms with Gasteiger partial charge in [-0.25, -0.2) is 0 Å². The molecule has 1 amide bonds. The third kappa shape index (κ3) is 2.28. The third-order valence-electron chi connectivity index (χ3n) is 3.85. The molecule has 0 radical (unpaired) electrons. The Kier molecular flexibility index (Phi) is 3.50. The van der Waals surface area contributed by atoms with Crippen LogP contribution in [0.15, 0.2) is 42.5 Å². The number of carbonyl (C=O) groups excluding carboxylic acids is 1. The topological polar surface area (TPSA) is 75.5 Å². The predicted octanol–water partition coefficient (Wildman–Crippen LogP) is 2.84.